The summed E-state index contributed by atoms with van der Waals surface area (Å²) in [5, 5.41) is 23.0. The minimum Gasteiger partial charge on any atom is -0.481 e. The standard InChI is InChI=1S/C22H30N4O7S/c23-14(11-13-5-2-1-3-6-13)19(29)25-16(12-34)21(31)26-10-4-7-17(26)20(30)24-15(22(32)33)8-9-18(27)28/h1-3,5-6,14-17,34H,4,7-12,23H2,(H,24,30)(H,25,29)(H,27,28)(H,32,33). The van der Waals surface area contributed by atoms with Gasteiger partial charge in [-0.25, -0.2) is 4.79 Å². The maximum absolute atomic E-state index is 13.1. The Morgan fingerprint density at radius 2 is 1.76 bits per heavy atom. The Bertz CT molecular complexity index is 898. The number of likely N-dealkylation sites (tertiary alicyclic amines) is 1. The second-order valence-electron chi connectivity index (χ2n) is 8.06. The molecule has 186 valence electrons. The number of carbonyl (C=O) groups is 5. The van der Waals surface area contributed by atoms with Crippen molar-refractivity contribution < 1.29 is 34.2 Å². The predicted octanol–water partition coefficient (Wildman–Crippen LogP) is -0.604. The van der Waals surface area contributed by atoms with Crippen molar-refractivity contribution in [3.8, 4) is 0 Å². The van der Waals surface area contributed by atoms with E-state index in [4.69, 9.17) is 10.8 Å². The lowest BCUT2D eigenvalue weighted by Crippen LogP contribution is -2.57. The van der Waals surface area contributed by atoms with Crippen molar-refractivity contribution in [1.29, 1.82) is 0 Å². The highest BCUT2D eigenvalue weighted by Crippen LogP contribution is 2.19. The van der Waals surface area contributed by atoms with Crippen LogP contribution in [0.2, 0.25) is 0 Å². The highest BCUT2D eigenvalue weighted by Gasteiger charge is 2.38. The predicted molar refractivity (Wildman–Crippen MR) is 125 cm³/mol. The van der Waals surface area contributed by atoms with Gasteiger partial charge in [0.15, 0.2) is 0 Å². The van der Waals surface area contributed by atoms with E-state index in [1.165, 1.54) is 4.90 Å². The maximum Gasteiger partial charge on any atom is 0.326 e. The highest BCUT2D eigenvalue weighted by atomic mass is 32.1. The molecular weight excluding hydrogens is 464 g/mol. The van der Waals surface area contributed by atoms with Gasteiger partial charge in [-0.3, -0.25) is 19.2 Å². The molecule has 0 aromatic heterocycles. The second-order valence-corrected chi connectivity index (χ2v) is 8.43. The molecule has 1 aromatic carbocycles. The van der Waals surface area contributed by atoms with E-state index in [1.807, 2.05) is 30.3 Å². The van der Waals surface area contributed by atoms with Crippen LogP contribution in [0.4, 0.5) is 0 Å². The lowest BCUT2D eigenvalue weighted by molar-refractivity contribution is -0.145. The first-order valence-electron chi connectivity index (χ1n) is 10.9. The van der Waals surface area contributed by atoms with Crippen molar-refractivity contribution in [2.45, 2.75) is 56.3 Å². The average molecular weight is 495 g/mol. The molecule has 2 rings (SSSR count). The van der Waals surface area contributed by atoms with Crippen molar-refractivity contribution in [2.75, 3.05) is 12.3 Å². The van der Waals surface area contributed by atoms with Crippen LogP contribution in [0.25, 0.3) is 0 Å². The number of rotatable bonds is 12. The SMILES string of the molecule is NC(Cc1ccccc1)C(=O)NC(CS)C(=O)N1CCCC1C(=O)NC(CCC(=O)O)C(=O)O. The molecule has 1 saturated heterocycles. The molecule has 1 fully saturated rings. The van der Waals surface area contributed by atoms with Crippen molar-refractivity contribution in [3.05, 3.63) is 35.9 Å². The third-order valence-corrected chi connectivity index (χ3v) is 5.90. The molecule has 3 amide bonds. The fourth-order valence-electron chi connectivity index (χ4n) is 3.72. The summed E-state index contributed by atoms with van der Waals surface area (Å²) in [6, 6.07) is 4.94. The average Bonchev–Trinajstić information content (AvgIpc) is 3.29. The molecule has 4 atom stereocenters. The van der Waals surface area contributed by atoms with E-state index >= 15 is 0 Å². The molecule has 1 aliphatic rings. The third-order valence-electron chi connectivity index (χ3n) is 5.53. The topological polar surface area (TPSA) is 179 Å². The normalized spacial score (nSPS) is 17.9. The molecule has 1 heterocycles. The molecule has 0 aliphatic carbocycles. The van der Waals surface area contributed by atoms with Gasteiger partial charge in [-0.05, 0) is 31.2 Å². The first-order chi connectivity index (χ1) is 16.1. The summed E-state index contributed by atoms with van der Waals surface area (Å²) in [6.45, 7) is 0.250. The molecule has 0 bridgehead atoms. The molecule has 0 spiro atoms. The Kier molecular flexibility index (Phi) is 10.3. The summed E-state index contributed by atoms with van der Waals surface area (Å²) in [5.41, 5.74) is 6.86. The zero-order chi connectivity index (χ0) is 25.3. The number of hydrogen-bond acceptors (Lipinski definition) is 7. The van der Waals surface area contributed by atoms with Crippen molar-refractivity contribution in [1.82, 2.24) is 15.5 Å². The lowest BCUT2D eigenvalue weighted by Gasteiger charge is -2.29. The van der Waals surface area contributed by atoms with Gasteiger partial charge < -0.3 is 31.5 Å². The molecule has 4 unspecified atom stereocenters. The smallest absolute Gasteiger partial charge is 0.326 e. The molecule has 1 aliphatic heterocycles. The van der Waals surface area contributed by atoms with Gasteiger partial charge in [0.05, 0.1) is 6.04 Å². The van der Waals surface area contributed by atoms with Crippen LogP contribution in [0.3, 0.4) is 0 Å². The molecule has 34 heavy (non-hydrogen) atoms. The van der Waals surface area contributed by atoms with Gasteiger partial charge in [0.2, 0.25) is 17.7 Å². The van der Waals surface area contributed by atoms with Gasteiger partial charge in [-0.2, -0.15) is 12.6 Å². The van der Waals surface area contributed by atoms with Crippen molar-refractivity contribution >= 4 is 42.3 Å². The summed E-state index contributed by atoms with van der Waals surface area (Å²) in [5.74, 6) is -4.31. The van der Waals surface area contributed by atoms with Crippen molar-refractivity contribution in [2.24, 2.45) is 5.73 Å². The van der Waals surface area contributed by atoms with Crippen LogP contribution in [0.5, 0.6) is 0 Å². The van der Waals surface area contributed by atoms with Gasteiger partial charge in [0.1, 0.15) is 18.1 Å². The summed E-state index contributed by atoms with van der Waals surface area (Å²) in [7, 11) is 0. The first kappa shape index (κ1) is 27.1. The van der Waals surface area contributed by atoms with Crippen LogP contribution in [-0.4, -0.2) is 81.2 Å². The number of nitrogens with one attached hydrogen (secondary N) is 2. The van der Waals surface area contributed by atoms with Gasteiger partial charge in [-0.1, -0.05) is 30.3 Å². The Morgan fingerprint density at radius 3 is 2.35 bits per heavy atom. The van der Waals surface area contributed by atoms with Gasteiger partial charge >= 0.3 is 11.9 Å². The number of carbonyl (C=O) groups excluding carboxylic acids is 3. The third kappa shape index (κ3) is 7.73. The van der Waals surface area contributed by atoms with E-state index in [9.17, 15) is 29.1 Å². The zero-order valence-electron chi connectivity index (χ0n) is 18.6. The fraction of sp³-hybridized carbons (Fsp3) is 0.500. The largest absolute Gasteiger partial charge is 0.481 e. The van der Waals surface area contributed by atoms with E-state index in [1.54, 1.807) is 0 Å². The quantitative estimate of drug-likeness (QED) is 0.208. The van der Waals surface area contributed by atoms with Crippen LogP contribution >= 0.6 is 12.6 Å². The Morgan fingerprint density at radius 1 is 1.09 bits per heavy atom. The maximum atomic E-state index is 13.1. The highest BCUT2D eigenvalue weighted by molar-refractivity contribution is 7.80. The Labute approximate surface area is 202 Å². The number of nitrogens with two attached hydrogens (primary N) is 1. The van der Waals surface area contributed by atoms with Crippen LogP contribution in [0.1, 0.15) is 31.2 Å². The molecule has 11 nitrogen and oxygen atoms in total. The van der Waals surface area contributed by atoms with Gasteiger partial charge in [0, 0.05) is 18.7 Å². The zero-order valence-corrected chi connectivity index (χ0v) is 19.4. The van der Waals surface area contributed by atoms with E-state index in [-0.39, 0.29) is 25.1 Å². The molecule has 0 saturated carbocycles. The summed E-state index contributed by atoms with van der Waals surface area (Å²) < 4.78 is 0. The van der Waals surface area contributed by atoms with Crippen molar-refractivity contribution in [3.63, 3.8) is 0 Å². The molecular formula is C22H30N4O7S. The number of thiol groups is 1. The summed E-state index contributed by atoms with van der Waals surface area (Å²) >= 11 is 4.16. The van der Waals surface area contributed by atoms with Crippen LogP contribution in [0.15, 0.2) is 30.3 Å². The number of hydrogen-bond donors (Lipinski definition) is 6. The first-order valence-corrected chi connectivity index (χ1v) is 11.5. The second kappa shape index (κ2) is 12.9. The van der Waals surface area contributed by atoms with E-state index < -0.39 is 60.2 Å². The van der Waals surface area contributed by atoms with Crippen LogP contribution < -0.4 is 16.4 Å². The Balaban J connectivity index is 2.00. The summed E-state index contributed by atoms with van der Waals surface area (Å²) in [4.78, 5) is 61.8. The number of benzene rings is 1. The molecule has 6 N–H and O–H groups in total. The minimum atomic E-state index is -1.39. The molecule has 12 heteroatoms. The van der Waals surface area contributed by atoms with E-state index in [0.29, 0.717) is 12.8 Å². The number of carboxylic acid groups (broad SMARTS) is 2. The number of carboxylic acids is 2. The van der Waals surface area contributed by atoms with Crippen LogP contribution in [-0.2, 0) is 30.4 Å². The number of aliphatic carboxylic acids is 2. The van der Waals surface area contributed by atoms with Crippen LogP contribution in [0, 0.1) is 0 Å². The fourth-order valence-corrected chi connectivity index (χ4v) is 3.97. The molecule has 0 radical (unpaired) electrons. The lowest BCUT2D eigenvalue weighted by atomic mass is 10.1. The minimum absolute atomic E-state index is 0.0240. The monoisotopic (exact) mass is 494 g/mol. The van der Waals surface area contributed by atoms with Gasteiger partial charge in [0.25, 0.3) is 0 Å². The number of amides is 3. The van der Waals surface area contributed by atoms with E-state index in [0.717, 1.165) is 5.56 Å². The summed E-state index contributed by atoms with van der Waals surface area (Å²) in [6.07, 6.45) is 0.385. The Hall–Kier alpha value is -3.12. The van der Waals surface area contributed by atoms with Gasteiger partial charge in [-0.15, -0.1) is 0 Å². The van der Waals surface area contributed by atoms with E-state index in [2.05, 4.69) is 23.3 Å². The number of nitrogens with zero attached hydrogens (tertiary/aromatic N) is 1. The molecule has 1 aromatic rings.